The summed E-state index contributed by atoms with van der Waals surface area (Å²) in [6.07, 6.45) is -1.07. The van der Waals surface area contributed by atoms with E-state index in [-0.39, 0.29) is 6.79 Å². The second-order valence-corrected chi connectivity index (χ2v) is 14.7. The van der Waals surface area contributed by atoms with E-state index in [2.05, 4.69) is 57.5 Å². The number of rotatable bonds is 10. The average molecular weight is 491 g/mol. The van der Waals surface area contributed by atoms with Crippen LogP contribution < -0.4 is 14.2 Å². The molecule has 0 N–H and O–H groups in total. The van der Waals surface area contributed by atoms with Crippen molar-refractivity contribution in [3.05, 3.63) is 16.6 Å². The molecule has 0 saturated carbocycles. The molecule has 0 amide bonds. The molecular weight excluding hydrogens is 456 g/mol. The van der Waals surface area contributed by atoms with Crippen molar-refractivity contribution in [2.45, 2.75) is 70.6 Å². The van der Waals surface area contributed by atoms with Gasteiger partial charge < -0.3 is 28.1 Å². The molecule has 1 aromatic carbocycles. The summed E-state index contributed by atoms with van der Waals surface area (Å²) in [5.74, 6) is 1.73. The zero-order valence-corrected chi connectivity index (χ0v) is 21.4. The lowest BCUT2D eigenvalue weighted by Gasteiger charge is -2.44. The average Bonchev–Trinajstić information content (AvgIpc) is 2.65. The predicted octanol–water partition coefficient (Wildman–Crippen LogP) is 5.74. The number of hydrogen-bond donors (Lipinski definition) is 0. The maximum atomic E-state index is 6.74. The Morgan fingerprint density at radius 2 is 1.62 bits per heavy atom. The van der Waals surface area contributed by atoms with Crippen molar-refractivity contribution in [1.29, 1.82) is 0 Å². The lowest BCUT2D eigenvalue weighted by atomic mass is 10.2. The summed E-state index contributed by atoms with van der Waals surface area (Å²) in [5, 5.41) is 0. The summed E-state index contributed by atoms with van der Waals surface area (Å²) in [5.41, 5.74) is 1.43. The van der Waals surface area contributed by atoms with Gasteiger partial charge in [0.15, 0.2) is 24.4 Å². The van der Waals surface area contributed by atoms with Gasteiger partial charge in [-0.15, -0.1) is 0 Å². The third-order valence-corrected chi connectivity index (χ3v) is 12.1. The van der Waals surface area contributed by atoms with Crippen LogP contribution in [0, 0.1) is 0 Å². The van der Waals surface area contributed by atoms with Crippen LogP contribution in [0.5, 0.6) is 17.2 Å². The molecule has 0 aliphatic carbocycles. The van der Waals surface area contributed by atoms with Crippen molar-refractivity contribution in [1.82, 2.24) is 0 Å². The predicted molar refractivity (Wildman–Crippen MR) is 119 cm³/mol. The fraction of sp³-hybridized carbons (Fsp3) is 0.714. The summed E-state index contributed by atoms with van der Waals surface area (Å²) >= 11 is 3.47. The highest BCUT2D eigenvalue weighted by atomic mass is 79.9. The Labute approximate surface area is 184 Å². The van der Waals surface area contributed by atoms with Crippen molar-refractivity contribution in [3.63, 3.8) is 0 Å². The lowest BCUT2D eigenvalue weighted by molar-refractivity contribution is -0.200. The lowest BCUT2D eigenvalue weighted by Crippen LogP contribution is -2.52. The highest BCUT2D eigenvalue weighted by molar-refractivity contribution is 9.10. The smallest absolute Gasteiger partial charge is 0.241 e. The van der Waals surface area contributed by atoms with Crippen molar-refractivity contribution in [2.24, 2.45) is 0 Å². The quantitative estimate of drug-likeness (QED) is 0.308. The molecule has 2 rings (SSSR count). The number of benzene rings is 1. The van der Waals surface area contributed by atoms with Gasteiger partial charge in [-0.2, -0.15) is 0 Å². The summed E-state index contributed by atoms with van der Waals surface area (Å²) < 4.78 is 36.3. The van der Waals surface area contributed by atoms with Gasteiger partial charge in [0.2, 0.25) is 20.4 Å². The van der Waals surface area contributed by atoms with Crippen LogP contribution in [0.2, 0.25) is 16.6 Å². The third kappa shape index (κ3) is 5.28. The number of hydrogen-bond acceptors (Lipinski definition) is 6. The number of halogens is 1. The van der Waals surface area contributed by atoms with Gasteiger partial charge in [-0.1, -0.05) is 57.5 Å². The van der Waals surface area contributed by atoms with E-state index in [9.17, 15) is 0 Å². The van der Waals surface area contributed by atoms with Crippen LogP contribution in [0.25, 0.3) is 0 Å². The topological polar surface area (TPSA) is 55.4 Å². The monoisotopic (exact) mass is 490 g/mol. The number of ether oxygens (including phenoxy) is 5. The van der Waals surface area contributed by atoms with Gasteiger partial charge in [0, 0.05) is 11.6 Å². The molecule has 0 spiro atoms. The Hall–Kier alpha value is -0.803. The second-order valence-electron chi connectivity index (χ2n) is 8.28. The summed E-state index contributed by atoms with van der Waals surface area (Å²) in [6, 6.07) is 3.69. The molecule has 1 aliphatic heterocycles. The van der Waals surface area contributed by atoms with Gasteiger partial charge in [-0.05, 0) is 28.8 Å². The van der Waals surface area contributed by atoms with Crippen LogP contribution in [-0.4, -0.2) is 48.3 Å². The highest BCUT2D eigenvalue weighted by Crippen LogP contribution is 2.46. The zero-order valence-electron chi connectivity index (χ0n) is 18.8. The molecule has 0 radical (unpaired) electrons. The van der Waals surface area contributed by atoms with Crippen molar-refractivity contribution in [3.8, 4) is 17.2 Å². The van der Waals surface area contributed by atoms with Gasteiger partial charge in [0.25, 0.3) is 0 Å². The SMILES string of the molecule is COCO[C@@H]1Oc2cc(Br)cc(OC)c2O[C@H]1CO[Si](C(C)C)(C(C)C)C(C)C. The molecule has 0 bridgehead atoms. The highest BCUT2D eigenvalue weighted by Gasteiger charge is 2.47. The first-order chi connectivity index (χ1) is 13.7. The molecule has 1 aliphatic rings. The summed E-state index contributed by atoms with van der Waals surface area (Å²) in [4.78, 5) is 0. The summed E-state index contributed by atoms with van der Waals surface area (Å²) in [7, 11) is 1.13. The van der Waals surface area contributed by atoms with E-state index < -0.39 is 20.7 Å². The molecule has 0 aromatic heterocycles. The Morgan fingerprint density at radius 3 is 2.14 bits per heavy atom. The van der Waals surface area contributed by atoms with Crippen LogP contribution in [0.4, 0.5) is 0 Å². The molecule has 2 atom stereocenters. The van der Waals surface area contributed by atoms with Gasteiger partial charge in [-0.3, -0.25) is 0 Å². The zero-order chi connectivity index (χ0) is 21.8. The molecule has 6 nitrogen and oxygen atoms in total. The first kappa shape index (κ1) is 24.5. The molecule has 8 heteroatoms. The second kappa shape index (κ2) is 10.5. The van der Waals surface area contributed by atoms with E-state index in [1.807, 2.05) is 12.1 Å². The van der Waals surface area contributed by atoms with E-state index in [0.29, 0.717) is 40.5 Å². The first-order valence-corrected chi connectivity index (χ1v) is 13.1. The minimum absolute atomic E-state index is 0.103. The minimum atomic E-state index is -2.06. The van der Waals surface area contributed by atoms with Crippen molar-refractivity contribution < 1.29 is 28.1 Å². The largest absolute Gasteiger partial charge is 0.493 e. The van der Waals surface area contributed by atoms with Gasteiger partial charge in [-0.25, -0.2) is 0 Å². The van der Waals surface area contributed by atoms with E-state index >= 15 is 0 Å². The number of fused-ring (bicyclic) bond motifs is 1. The molecule has 0 fully saturated rings. The van der Waals surface area contributed by atoms with E-state index in [4.69, 9.17) is 28.1 Å². The molecule has 29 heavy (non-hydrogen) atoms. The van der Waals surface area contributed by atoms with Crippen LogP contribution in [0.1, 0.15) is 41.5 Å². The first-order valence-electron chi connectivity index (χ1n) is 10.1. The standard InChI is InChI=1S/C21H35BrO6Si/c1-13(2)29(14(3)4,15(5)6)26-11-19-21(25-12-23-7)28-18-10-16(22)9-17(24-8)20(18)27-19/h9-10,13-15,19,21H,11-12H2,1-8H3/t19-,21+/m0/s1. The Morgan fingerprint density at radius 1 is 1.00 bits per heavy atom. The van der Waals surface area contributed by atoms with Crippen LogP contribution >= 0.6 is 15.9 Å². The van der Waals surface area contributed by atoms with Crippen LogP contribution in [0.3, 0.4) is 0 Å². The van der Waals surface area contributed by atoms with Crippen molar-refractivity contribution in [2.75, 3.05) is 27.6 Å². The van der Waals surface area contributed by atoms with E-state index in [0.717, 1.165) is 4.47 Å². The van der Waals surface area contributed by atoms with Gasteiger partial charge >= 0.3 is 0 Å². The maximum Gasteiger partial charge on any atom is 0.241 e. The van der Waals surface area contributed by atoms with Crippen LogP contribution in [-0.2, 0) is 13.9 Å². The molecule has 166 valence electrons. The van der Waals surface area contributed by atoms with Crippen molar-refractivity contribution >= 4 is 24.2 Å². The molecular formula is C21H35BrO6Si. The Bertz CT molecular complexity index is 645. The minimum Gasteiger partial charge on any atom is -0.493 e. The van der Waals surface area contributed by atoms with Gasteiger partial charge in [0.1, 0.15) is 0 Å². The van der Waals surface area contributed by atoms with E-state index in [1.54, 1.807) is 14.2 Å². The Balaban J connectivity index is 2.31. The Kier molecular flexibility index (Phi) is 8.84. The normalized spacial score (nSPS) is 19.3. The fourth-order valence-electron chi connectivity index (χ4n) is 4.42. The fourth-order valence-corrected chi connectivity index (χ4v) is 10.3. The summed E-state index contributed by atoms with van der Waals surface area (Å²) in [6.45, 7) is 14.1. The third-order valence-electron chi connectivity index (χ3n) is 5.58. The number of methoxy groups -OCH3 is 2. The van der Waals surface area contributed by atoms with Gasteiger partial charge in [0.05, 0.1) is 13.7 Å². The maximum absolute atomic E-state index is 6.74. The molecule has 1 heterocycles. The van der Waals surface area contributed by atoms with E-state index in [1.165, 1.54) is 0 Å². The molecule has 0 unspecified atom stereocenters. The molecule has 1 aromatic rings. The van der Waals surface area contributed by atoms with Crippen LogP contribution in [0.15, 0.2) is 16.6 Å². The molecule has 0 saturated heterocycles.